The molecule has 0 aromatic heterocycles. The van der Waals surface area contributed by atoms with Crippen LogP contribution >= 0.6 is 0 Å². The van der Waals surface area contributed by atoms with Gasteiger partial charge in [-0.25, -0.2) is 0 Å². The van der Waals surface area contributed by atoms with Gasteiger partial charge in [0.05, 0.1) is 0 Å². The van der Waals surface area contributed by atoms with E-state index in [2.05, 4.69) is 25.7 Å². The van der Waals surface area contributed by atoms with Crippen molar-refractivity contribution in [1.82, 2.24) is 4.90 Å². The summed E-state index contributed by atoms with van der Waals surface area (Å²) < 4.78 is 0. The second-order valence-corrected chi connectivity index (χ2v) is 8.23. The number of likely N-dealkylation sites (tertiary alicyclic amines) is 1. The van der Waals surface area contributed by atoms with Gasteiger partial charge in [0.15, 0.2) is 0 Å². The van der Waals surface area contributed by atoms with E-state index in [0.717, 1.165) is 5.92 Å². The fourth-order valence-electron chi connectivity index (χ4n) is 6.22. The fourth-order valence-corrected chi connectivity index (χ4v) is 6.22. The third-order valence-electron chi connectivity index (χ3n) is 7.80. The average Bonchev–Trinajstić information content (AvgIpc) is 3.05. The lowest BCUT2D eigenvalue weighted by molar-refractivity contribution is -0.0849. The Labute approximate surface area is 123 Å². The van der Waals surface area contributed by atoms with Gasteiger partial charge in [-0.3, -0.25) is 4.90 Å². The molecule has 0 radical (unpaired) electrons. The van der Waals surface area contributed by atoms with Crippen molar-refractivity contribution in [1.29, 1.82) is 0 Å². The second kappa shape index (κ2) is 4.69. The number of aliphatic hydroxyl groups is 1. The third-order valence-corrected chi connectivity index (χ3v) is 7.80. The number of fused-ring (bicyclic) bond motifs is 2. The predicted octanol–water partition coefficient (Wildman–Crippen LogP) is 2.23. The lowest BCUT2D eigenvalue weighted by Crippen LogP contribution is -2.64. The quantitative estimate of drug-likeness (QED) is 0.830. The number of hydrogen-bond acceptors (Lipinski definition) is 3. The highest BCUT2D eigenvalue weighted by Gasteiger charge is 2.71. The highest BCUT2D eigenvalue weighted by molar-refractivity contribution is 5.24. The van der Waals surface area contributed by atoms with Gasteiger partial charge >= 0.3 is 0 Å². The van der Waals surface area contributed by atoms with Crippen LogP contribution in [0.15, 0.2) is 0 Å². The van der Waals surface area contributed by atoms with Gasteiger partial charge in [0.2, 0.25) is 0 Å². The van der Waals surface area contributed by atoms with Crippen LogP contribution < -0.4 is 5.73 Å². The van der Waals surface area contributed by atoms with Crippen LogP contribution in [0.5, 0.6) is 0 Å². The summed E-state index contributed by atoms with van der Waals surface area (Å²) in [5, 5.41) is 10.0. The van der Waals surface area contributed by atoms with Gasteiger partial charge in [-0.1, -0.05) is 20.8 Å². The summed E-state index contributed by atoms with van der Waals surface area (Å²) >= 11 is 0. The molecule has 1 aliphatic heterocycles. The van der Waals surface area contributed by atoms with Crippen LogP contribution in [0.4, 0.5) is 0 Å². The Hall–Kier alpha value is -0.120. The molecule has 2 bridgehead atoms. The van der Waals surface area contributed by atoms with Gasteiger partial charge in [0.1, 0.15) is 0 Å². The molecule has 0 amide bonds. The van der Waals surface area contributed by atoms with E-state index in [0.29, 0.717) is 17.4 Å². The molecule has 3 rings (SSSR count). The van der Waals surface area contributed by atoms with Crippen molar-refractivity contribution in [3.8, 4) is 0 Å². The Bertz CT molecular complexity index is 369. The normalized spacial score (nSPS) is 45.1. The van der Waals surface area contributed by atoms with E-state index >= 15 is 0 Å². The van der Waals surface area contributed by atoms with E-state index in [1.807, 2.05) is 0 Å². The Morgan fingerprint density at radius 2 is 1.90 bits per heavy atom. The minimum Gasteiger partial charge on any atom is -0.396 e. The Morgan fingerprint density at radius 3 is 2.30 bits per heavy atom. The van der Waals surface area contributed by atoms with Crippen LogP contribution in [0.25, 0.3) is 0 Å². The molecule has 2 saturated carbocycles. The largest absolute Gasteiger partial charge is 0.396 e. The highest BCUT2D eigenvalue weighted by Crippen LogP contribution is 2.73. The van der Waals surface area contributed by atoms with Crippen molar-refractivity contribution in [2.75, 3.05) is 26.2 Å². The first-order valence-electron chi connectivity index (χ1n) is 8.50. The molecule has 0 aromatic carbocycles. The highest BCUT2D eigenvalue weighted by atomic mass is 16.3. The lowest BCUT2D eigenvalue weighted by Gasteiger charge is -2.57. The molecular formula is C17H32N2O. The topological polar surface area (TPSA) is 49.5 Å². The van der Waals surface area contributed by atoms with E-state index in [9.17, 15) is 5.11 Å². The van der Waals surface area contributed by atoms with Crippen LogP contribution in [0.1, 0.15) is 52.9 Å². The maximum atomic E-state index is 10.0. The summed E-state index contributed by atoms with van der Waals surface area (Å²) in [5.41, 5.74) is 6.91. The lowest BCUT2D eigenvalue weighted by atomic mass is 9.58. The molecule has 3 nitrogen and oxygen atoms in total. The Balaban J connectivity index is 2.08. The van der Waals surface area contributed by atoms with E-state index in [4.69, 9.17) is 5.73 Å². The van der Waals surface area contributed by atoms with Gasteiger partial charge in [-0.2, -0.15) is 0 Å². The van der Waals surface area contributed by atoms with Crippen molar-refractivity contribution in [2.24, 2.45) is 28.4 Å². The molecule has 1 heterocycles. The molecule has 0 spiro atoms. The zero-order chi connectivity index (χ0) is 14.6. The van der Waals surface area contributed by atoms with Gasteiger partial charge in [0, 0.05) is 18.1 Å². The molecule has 4 atom stereocenters. The van der Waals surface area contributed by atoms with Crippen molar-refractivity contribution >= 4 is 0 Å². The summed E-state index contributed by atoms with van der Waals surface area (Å²) in [7, 11) is 0. The first kappa shape index (κ1) is 14.8. The number of hydrogen-bond donors (Lipinski definition) is 2. The molecular weight excluding hydrogens is 248 g/mol. The van der Waals surface area contributed by atoms with E-state index in [1.54, 1.807) is 0 Å². The van der Waals surface area contributed by atoms with E-state index in [-0.39, 0.29) is 18.1 Å². The maximum Gasteiger partial charge on any atom is 0.0489 e. The summed E-state index contributed by atoms with van der Waals surface area (Å²) in [5.74, 6) is 1.03. The van der Waals surface area contributed by atoms with Gasteiger partial charge in [-0.15, -0.1) is 0 Å². The average molecular weight is 280 g/mol. The Kier molecular flexibility index (Phi) is 3.47. The summed E-state index contributed by atoms with van der Waals surface area (Å²) in [6, 6.07) is 0. The molecule has 0 aromatic rings. The number of aliphatic hydroxyl groups excluding tert-OH is 1. The molecule has 20 heavy (non-hydrogen) atoms. The van der Waals surface area contributed by atoms with Crippen LogP contribution in [0.3, 0.4) is 0 Å². The first-order chi connectivity index (χ1) is 9.44. The molecule has 0 unspecified atom stereocenters. The number of rotatable bonds is 4. The predicted molar refractivity (Wildman–Crippen MR) is 82.4 cm³/mol. The molecule has 3 aliphatic rings. The summed E-state index contributed by atoms with van der Waals surface area (Å²) in [6.07, 6.45) is 6.54. The third kappa shape index (κ3) is 1.52. The SMILES string of the molecule is CC1(C)[C@H]2CC[C@@]1(C)[C@@]([C@H](CN)CO)(N1CCCC1)C2. The van der Waals surface area contributed by atoms with Gasteiger partial charge in [-0.05, 0) is 68.5 Å². The van der Waals surface area contributed by atoms with Crippen molar-refractivity contribution < 1.29 is 5.11 Å². The summed E-state index contributed by atoms with van der Waals surface area (Å²) in [6.45, 7) is 10.7. The smallest absolute Gasteiger partial charge is 0.0489 e. The monoisotopic (exact) mass is 280 g/mol. The van der Waals surface area contributed by atoms with E-state index < -0.39 is 0 Å². The van der Waals surface area contributed by atoms with Crippen LogP contribution in [-0.2, 0) is 0 Å². The first-order valence-corrected chi connectivity index (χ1v) is 8.50. The number of nitrogens with two attached hydrogens (primary N) is 1. The number of nitrogens with zero attached hydrogens (tertiary/aromatic N) is 1. The molecule has 1 saturated heterocycles. The molecule has 3 fully saturated rings. The van der Waals surface area contributed by atoms with E-state index in [1.165, 1.54) is 45.2 Å². The Morgan fingerprint density at radius 1 is 1.25 bits per heavy atom. The van der Waals surface area contributed by atoms with Crippen molar-refractivity contribution in [2.45, 2.75) is 58.4 Å². The molecule has 3 N–H and O–H groups in total. The van der Waals surface area contributed by atoms with Gasteiger partial charge < -0.3 is 10.8 Å². The molecule has 3 heteroatoms. The molecule has 2 aliphatic carbocycles. The minimum absolute atomic E-state index is 0.138. The maximum absolute atomic E-state index is 10.0. The zero-order valence-corrected chi connectivity index (χ0v) is 13.5. The second-order valence-electron chi connectivity index (χ2n) is 8.23. The van der Waals surface area contributed by atoms with Crippen molar-refractivity contribution in [3.05, 3.63) is 0 Å². The minimum atomic E-state index is 0.138. The van der Waals surface area contributed by atoms with Crippen LogP contribution in [0.2, 0.25) is 0 Å². The zero-order valence-electron chi connectivity index (χ0n) is 13.5. The van der Waals surface area contributed by atoms with Gasteiger partial charge in [0.25, 0.3) is 0 Å². The molecule has 116 valence electrons. The summed E-state index contributed by atoms with van der Waals surface area (Å²) in [4.78, 5) is 2.72. The standard InChI is InChI=1S/C17H32N2O/c1-15(2)13-6-7-16(15,3)17(10-13,14(11-18)12-20)19-8-4-5-9-19/h13-14,20H,4-12,18H2,1-3H3/t13-,14+,16+,17+/m0/s1. The fraction of sp³-hybridized carbons (Fsp3) is 1.00. The van der Waals surface area contributed by atoms with Crippen LogP contribution in [0, 0.1) is 22.7 Å². The van der Waals surface area contributed by atoms with Crippen molar-refractivity contribution in [3.63, 3.8) is 0 Å². The van der Waals surface area contributed by atoms with Crippen LogP contribution in [-0.4, -0.2) is 41.8 Å².